The smallest absolute Gasteiger partial charge is 0.270 e. The summed E-state index contributed by atoms with van der Waals surface area (Å²) in [6.07, 6.45) is 3.07. The number of aromatic nitrogens is 1. The third kappa shape index (κ3) is 1.86. The molecule has 2 atom stereocenters. The molecule has 0 saturated carbocycles. The Kier molecular flexibility index (Phi) is 2.67. The van der Waals surface area contributed by atoms with Gasteiger partial charge in [-0.3, -0.25) is 4.79 Å². The second-order valence-electron chi connectivity index (χ2n) is 5.22. The lowest BCUT2D eigenvalue weighted by Gasteiger charge is -2.34. The molecule has 3 heterocycles. The van der Waals surface area contributed by atoms with E-state index >= 15 is 0 Å². The highest BCUT2D eigenvalue weighted by molar-refractivity contribution is 5.92. The summed E-state index contributed by atoms with van der Waals surface area (Å²) < 4.78 is 1.90. The molecule has 2 fully saturated rings. The topological polar surface area (TPSA) is 37.3 Å². The molecular weight excluding hydrogens is 214 g/mol. The molecule has 0 radical (unpaired) electrons. The Morgan fingerprint density at radius 2 is 2.24 bits per heavy atom. The number of aryl methyl sites for hydroxylation is 1. The predicted molar refractivity (Wildman–Crippen MR) is 65.8 cm³/mol. The minimum absolute atomic E-state index is 0.183. The molecule has 0 aliphatic carbocycles. The average molecular weight is 233 g/mol. The summed E-state index contributed by atoms with van der Waals surface area (Å²) in [5, 5.41) is 3.43. The number of likely N-dealkylation sites (tertiary alicyclic amines) is 1. The largest absolute Gasteiger partial charge is 0.347 e. The van der Waals surface area contributed by atoms with E-state index < -0.39 is 0 Å². The van der Waals surface area contributed by atoms with Gasteiger partial charge >= 0.3 is 0 Å². The first-order valence-corrected chi connectivity index (χ1v) is 6.37. The molecule has 2 aliphatic rings. The molecule has 1 aromatic rings. The molecule has 4 nitrogen and oxygen atoms in total. The zero-order valence-corrected chi connectivity index (χ0v) is 10.2. The van der Waals surface area contributed by atoms with E-state index in [1.54, 1.807) is 0 Å². The number of nitrogens with zero attached hydrogens (tertiary/aromatic N) is 2. The zero-order chi connectivity index (χ0) is 11.8. The summed E-state index contributed by atoms with van der Waals surface area (Å²) in [5.41, 5.74) is 0.800. The minimum Gasteiger partial charge on any atom is -0.347 e. The first-order chi connectivity index (χ1) is 8.25. The Balaban J connectivity index is 1.73. The van der Waals surface area contributed by atoms with Crippen molar-refractivity contribution in [3.63, 3.8) is 0 Å². The van der Waals surface area contributed by atoms with Gasteiger partial charge in [0.25, 0.3) is 5.91 Å². The van der Waals surface area contributed by atoms with Crippen LogP contribution in [0.3, 0.4) is 0 Å². The molecule has 2 unspecified atom stereocenters. The predicted octanol–water partition coefficient (Wildman–Crippen LogP) is 0.707. The van der Waals surface area contributed by atoms with Crippen molar-refractivity contribution in [1.82, 2.24) is 14.8 Å². The summed E-state index contributed by atoms with van der Waals surface area (Å²) in [6, 6.07) is 3.83. The van der Waals surface area contributed by atoms with E-state index in [0.29, 0.717) is 5.92 Å². The van der Waals surface area contributed by atoms with Crippen molar-refractivity contribution in [2.75, 3.05) is 26.2 Å². The number of carbonyl (C=O) groups is 1. The summed E-state index contributed by atoms with van der Waals surface area (Å²) in [6.45, 7) is 4.03. The molecule has 0 bridgehead atoms. The average Bonchev–Trinajstić information content (AvgIpc) is 2.95. The molecule has 0 spiro atoms. The maximum absolute atomic E-state index is 12.4. The van der Waals surface area contributed by atoms with Crippen LogP contribution in [0.4, 0.5) is 0 Å². The lowest BCUT2D eigenvalue weighted by Crippen LogP contribution is -2.43. The first kappa shape index (κ1) is 10.8. The maximum Gasteiger partial charge on any atom is 0.270 e. The van der Waals surface area contributed by atoms with Crippen molar-refractivity contribution in [2.45, 2.75) is 6.42 Å². The van der Waals surface area contributed by atoms with Crippen molar-refractivity contribution in [2.24, 2.45) is 18.9 Å². The highest BCUT2D eigenvalue weighted by atomic mass is 16.2. The number of nitrogens with one attached hydrogen (secondary N) is 1. The van der Waals surface area contributed by atoms with Crippen LogP contribution in [0.2, 0.25) is 0 Å². The van der Waals surface area contributed by atoms with Crippen molar-refractivity contribution < 1.29 is 4.79 Å². The fourth-order valence-electron chi connectivity index (χ4n) is 3.06. The Morgan fingerprint density at radius 1 is 1.41 bits per heavy atom. The summed E-state index contributed by atoms with van der Waals surface area (Å²) in [4.78, 5) is 14.4. The fraction of sp³-hybridized carbons (Fsp3) is 0.615. The van der Waals surface area contributed by atoms with Crippen LogP contribution >= 0.6 is 0 Å². The standard InChI is InChI=1S/C13H19N3O/c1-15-5-2-3-12(15)13(17)16-6-4-10-7-14-8-11(10)9-16/h2-3,5,10-11,14H,4,6-9H2,1H3. The van der Waals surface area contributed by atoms with Crippen molar-refractivity contribution in [3.05, 3.63) is 24.0 Å². The van der Waals surface area contributed by atoms with Crippen molar-refractivity contribution in [3.8, 4) is 0 Å². The molecule has 17 heavy (non-hydrogen) atoms. The molecule has 2 saturated heterocycles. The van der Waals surface area contributed by atoms with Gasteiger partial charge in [-0.2, -0.15) is 0 Å². The Hall–Kier alpha value is -1.29. The summed E-state index contributed by atoms with van der Waals surface area (Å²) >= 11 is 0. The highest BCUT2D eigenvalue weighted by Gasteiger charge is 2.34. The van der Waals surface area contributed by atoms with E-state index in [1.165, 1.54) is 0 Å². The zero-order valence-electron chi connectivity index (χ0n) is 10.2. The Morgan fingerprint density at radius 3 is 3.00 bits per heavy atom. The first-order valence-electron chi connectivity index (χ1n) is 6.37. The maximum atomic E-state index is 12.4. The third-order valence-electron chi connectivity index (χ3n) is 4.15. The van der Waals surface area contributed by atoms with Gasteiger partial charge in [-0.1, -0.05) is 0 Å². The van der Waals surface area contributed by atoms with Crippen LogP contribution in [0, 0.1) is 11.8 Å². The summed E-state index contributed by atoms with van der Waals surface area (Å²) in [7, 11) is 1.93. The monoisotopic (exact) mass is 233 g/mol. The van der Waals surface area contributed by atoms with Gasteiger partial charge in [0.05, 0.1) is 0 Å². The van der Waals surface area contributed by atoms with Gasteiger partial charge in [0.1, 0.15) is 5.69 Å². The SMILES string of the molecule is Cn1cccc1C(=O)N1CCC2CNCC2C1. The molecule has 1 aromatic heterocycles. The van der Waals surface area contributed by atoms with Gasteiger partial charge in [0, 0.05) is 26.3 Å². The van der Waals surface area contributed by atoms with E-state index in [2.05, 4.69) is 5.32 Å². The Labute approximate surface area is 102 Å². The lowest BCUT2D eigenvalue weighted by atomic mass is 9.88. The lowest BCUT2D eigenvalue weighted by molar-refractivity contribution is 0.0633. The minimum atomic E-state index is 0.183. The van der Waals surface area contributed by atoms with Crippen molar-refractivity contribution >= 4 is 5.91 Å². The van der Waals surface area contributed by atoms with E-state index in [4.69, 9.17) is 0 Å². The van der Waals surface area contributed by atoms with E-state index in [-0.39, 0.29) is 5.91 Å². The molecule has 1 amide bonds. The third-order valence-corrected chi connectivity index (χ3v) is 4.15. The number of amides is 1. The van der Waals surface area contributed by atoms with Gasteiger partial charge in [-0.25, -0.2) is 0 Å². The van der Waals surface area contributed by atoms with Crippen LogP contribution < -0.4 is 5.32 Å². The Bertz CT molecular complexity index is 426. The normalized spacial score (nSPS) is 28.2. The van der Waals surface area contributed by atoms with Crippen LogP contribution in [0.1, 0.15) is 16.9 Å². The molecule has 2 aliphatic heterocycles. The number of rotatable bonds is 1. The van der Waals surface area contributed by atoms with Crippen LogP contribution in [-0.2, 0) is 7.05 Å². The quantitative estimate of drug-likeness (QED) is 0.775. The van der Waals surface area contributed by atoms with Gasteiger partial charge in [0.2, 0.25) is 0 Å². The van der Waals surface area contributed by atoms with Gasteiger partial charge in [-0.15, -0.1) is 0 Å². The highest BCUT2D eigenvalue weighted by Crippen LogP contribution is 2.27. The van der Waals surface area contributed by atoms with Gasteiger partial charge in [-0.05, 0) is 43.5 Å². The van der Waals surface area contributed by atoms with Gasteiger partial charge in [0.15, 0.2) is 0 Å². The number of hydrogen-bond acceptors (Lipinski definition) is 2. The van der Waals surface area contributed by atoms with Crippen LogP contribution in [0.15, 0.2) is 18.3 Å². The fourth-order valence-corrected chi connectivity index (χ4v) is 3.06. The molecular formula is C13H19N3O. The molecule has 1 N–H and O–H groups in total. The second-order valence-corrected chi connectivity index (χ2v) is 5.22. The second kappa shape index (κ2) is 4.18. The number of fused-ring (bicyclic) bond motifs is 1. The number of carbonyl (C=O) groups excluding carboxylic acids is 1. The van der Waals surface area contributed by atoms with Crippen LogP contribution in [0.5, 0.6) is 0 Å². The van der Waals surface area contributed by atoms with E-state index in [1.807, 2.05) is 34.8 Å². The molecule has 92 valence electrons. The molecule has 0 aromatic carbocycles. The molecule has 3 rings (SSSR count). The van der Waals surface area contributed by atoms with Crippen LogP contribution in [0.25, 0.3) is 0 Å². The van der Waals surface area contributed by atoms with E-state index in [0.717, 1.165) is 44.2 Å². The molecule has 4 heteroatoms. The van der Waals surface area contributed by atoms with E-state index in [9.17, 15) is 4.79 Å². The number of piperidine rings is 1. The van der Waals surface area contributed by atoms with Crippen LogP contribution in [-0.4, -0.2) is 41.6 Å². The number of hydrogen-bond donors (Lipinski definition) is 1. The summed E-state index contributed by atoms with van der Waals surface area (Å²) in [5.74, 6) is 1.63. The van der Waals surface area contributed by atoms with Gasteiger partial charge < -0.3 is 14.8 Å². The van der Waals surface area contributed by atoms with Crippen molar-refractivity contribution in [1.29, 1.82) is 0 Å².